The van der Waals surface area contributed by atoms with Gasteiger partial charge in [0.2, 0.25) is 0 Å². The summed E-state index contributed by atoms with van der Waals surface area (Å²) in [5.74, 6) is 0. The first-order valence-electron chi connectivity index (χ1n) is 6.16. The van der Waals surface area contributed by atoms with Crippen molar-refractivity contribution in [1.29, 1.82) is 0 Å². The Bertz CT molecular complexity index is 533. The molecule has 102 valence electrons. The van der Waals surface area contributed by atoms with Gasteiger partial charge in [-0.25, -0.2) is 13.1 Å². The Morgan fingerprint density at radius 1 is 1.33 bits per heavy atom. The lowest BCUT2D eigenvalue weighted by molar-refractivity contribution is 0.328. The van der Waals surface area contributed by atoms with Crippen molar-refractivity contribution in [3.8, 4) is 0 Å². The molecule has 0 atom stereocenters. The van der Waals surface area contributed by atoms with Gasteiger partial charge in [-0.05, 0) is 19.3 Å². The van der Waals surface area contributed by atoms with Crippen LogP contribution in [-0.4, -0.2) is 18.2 Å². The van der Waals surface area contributed by atoms with Crippen molar-refractivity contribution in [3.05, 3.63) is 10.8 Å². The first-order chi connectivity index (χ1) is 8.45. The molecule has 1 fully saturated rings. The van der Waals surface area contributed by atoms with Crippen LogP contribution in [0.5, 0.6) is 0 Å². The largest absolute Gasteiger partial charge is 0.266 e. The van der Waals surface area contributed by atoms with E-state index < -0.39 is 9.05 Å². The van der Waals surface area contributed by atoms with E-state index in [1.165, 1.54) is 6.42 Å². The Kier molecular flexibility index (Phi) is 4.24. The van der Waals surface area contributed by atoms with Crippen LogP contribution < -0.4 is 0 Å². The van der Waals surface area contributed by atoms with Crippen molar-refractivity contribution in [2.45, 2.75) is 56.4 Å². The van der Waals surface area contributed by atoms with Gasteiger partial charge in [0, 0.05) is 10.7 Å². The zero-order valence-corrected chi connectivity index (χ0v) is 12.5. The minimum absolute atomic E-state index is 0.0149. The molecule has 0 saturated heterocycles. The molecule has 0 spiro atoms. The molecule has 1 aliphatic rings. The second-order valence-corrected chi connectivity index (χ2v) is 7.46. The minimum atomic E-state index is -3.84. The van der Waals surface area contributed by atoms with Crippen molar-refractivity contribution in [1.82, 2.24) is 9.78 Å². The molecule has 18 heavy (non-hydrogen) atoms. The molecular formula is C11H16Cl2N2O2S. The quantitative estimate of drug-likeness (QED) is 0.802. The van der Waals surface area contributed by atoms with E-state index in [4.69, 9.17) is 22.3 Å². The Labute approximate surface area is 117 Å². The second-order valence-electron chi connectivity index (χ2n) is 4.59. The second kappa shape index (κ2) is 5.39. The fourth-order valence-corrected chi connectivity index (χ4v) is 4.44. The summed E-state index contributed by atoms with van der Waals surface area (Å²) in [4.78, 5) is -0.0149. The summed E-state index contributed by atoms with van der Waals surface area (Å²) in [7, 11) is 1.60. The van der Waals surface area contributed by atoms with Crippen molar-refractivity contribution in [2.75, 3.05) is 0 Å². The molecule has 0 N–H and O–H groups in total. The van der Waals surface area contributed by atoms with Gasteiger partial charge in [-0.1, -0.05) is 37.8 Å². The number of hydrogen-bond acceptors (Lipinski definition) is 3. The normalized spacial score (nSPS) is 18.2. The van der Waals surface area contributed by atoms with Crippen LogP contribution in [0, 0.1) is 0 Å². The molecule has 0 bridgehead atoms. The highest BCUT2D eigenvalue weighted by Crippen LogP contribution is 2.35. The lowest BCUT2D eigenvalue weighted by atomic mass is 9.96. The van der Waals surface area contributed by atoms with E-state index in [2.05, 4.69) is 5.10 Å². The van der Waals surface area contributed by atoms with Crippen LogP contribution in [0.4, 0.5) is 0 Å². The van der Waals surface area contributed by atoms with E-state index in [0.29, 0.717) is 12.1 Å². The van der Waals surface area contributed by atoms with E-state index in [1.807, 2.05) is 6.92 Å². The van der Waals surface area contributed by atoms with Crippen LogP contribution in [0.3, 0.4) is 0 Å². The first kappa shape index (κ1) is 14.2. The van der Waals surface area contributed by atoms with Gasteiger partial charge >= 0.3 is 0 Å². The number of halogens is 2. The summed E-state index contributed by atoms with van der Waals surface area (Å²) in [6.07, 6.45) is 5.96. The molecule has 2 rings (SSSR count). The van der Waals surface area contributed by atoms with Gasteiger partial charge in [0.15, 0.2) is 0 Å². The van der Waals surface area contributed by atoms with E-state index in [1.54, 1.807) is 4.68 Å². The van der Waals surface area contributed by atoms with Gasteiger partial charge in [0.05, 0.1) is 11.7 Å². The molecule has 1 aliphatic carbocycles. The Morgan fingerprint density at radius 3 is 2.39 bits per heavy atom. The number of rotatable bonds is 3. The van der Waals surface area contributed by atoms with Gasteiger partial charge < -0.3 is 0 Å². The van der Waals surface area contributed by atoms with Gasteiger partial charge in [-0.3, -0.25) is 0 Å². The van der Waals surface area contributed by atoms with Crippen LogP contribution in [0.1, 0.15) is 50.8 Å². The molecule has 0 amide bonds. The first-order valence-corrected chi connectivity index (χ1v) is 8.85. The summed E-state index contributed by atoms with van der Waals surface area (Å²) >= 11 is 6.16. The summed E-state index contributed by atoms with van der Waals surface area (Å²) in [6, 6.07) is 0.198. The molecule has 0 aliphatic heterocycles. The summed E-state index contributed by atoms with van der Waals surface area (Å²) in [6.45, 7) is 1.84. The Balaban J connectivity index is 2.47. The molecule has 1 heterocycles. The summed E-state index contributed by atoms with van der Waals surface area (Å²) in [5, 5.41) is 4.50. The third kappa shape index (κ3) is 2.68. The topological polar surface area (TPSA) is 52.0 Å². The predicted molar refractivity (Wildman–Crippen MR) is 71.8 cm³/mol. The molecular weight excluding hydrogens is 295 g/mol. The molecule has 7 heteroatoms. The third-order valence-corrected chi connectivity index (χ3v) is 5.23. The number of hydrogen-bond donors (Lipinski definition) is 0. The van der Waals surface area contributed by atoms with E-state index >= 15 is 0 Å². The van der Waals surface area contributed by atoms with Crippen LogP contribution in [0.2, 0.25) is 5.15 Å². The molecule has 0 aromatic carbocycles. The molecule has 0 unspecified atom stereocenters. The highest BCUT2D eigenvalue weighted by Gasteiger charge is 2.28. The Hall–Kier alpha value is -0.260. The van der Waals surface area contributed by atoms with E-state index in [0.717, 1.165) is 25.7 Å². The minimum Gasteiger partial charge on any atom is -0.249 e. The molecule has 4 nitrogen and oxygen atoms in total. The molecule has 1 aromatic rings. The summed E-state index contributed by atoms with van der Waals surface area (Å²) in [5.41, 5.74) is 0.459. The van der Waals surface area contributed by atoms with Gasteiger partial charge in [-0.15, -0.1) is 0 Å². The van der Waals surface area contributed by atoms with Crippen LogP contribution in [-0.2, 0) is 15.5 Å². The fraction of sp³-hybridized carbons (Fsp3) is 0.727. The maximum absolute atomic E-state index is 11.6. The summed E-state index contributed by atoms with van der Waals surface area (Å²) < 4.78 is 24.8. The maximum atomic E-state index is 11.6. The lowest BCUT2D eigenvalue weighted by Gasteiger charge is -2.22. The number of aromatic nitrogens is 2. The predicted octanol–water partition coefficient (Wildman–Crippen LogP) is 3.53. The van der Waals surface area contributed by atoms with E-state index in [-0.39, 0.29) is 16.1 Å². The van der Waals surface area contributed by atoms with Gasteiger partial charge in [-0.2, -0.15) is 5.10 Å². The van der Waals surface area contributed by atoms with Crippen molar-refractivity contribution in [2.24, 2.45) is 0 Å². The zero-order chi connectivity index (χ0) is 13.3. The van der Waals surface area contributed by atoms with Crippen molar-refractivity contribution in [3.63, 3.8) is 0 Å². The Morgan fingerprint density at radius 2 is 1.94 bits per heavy atom. The molecule has 0 radical (unpaired) electrons. The van der Waals surface area contributed by atoms with Crippen LogP contribution in [0.15, 0.2) is 4.90 Å². The highest BCUT2D eigenvalue weighted by molar-refractivity contribution is 8.13. The van der Waals surface area contributed by atoms with Crippen molar-refractivity contribution >= 4 is 31.3 Å². The maximum Gasteiger partial charge on any atom is 0.266 e. The molecule has 1 aromatic heterocycles. The highest BCUT2D eigenvalue weighted by atomic mass is 35.7. The SMILES string of the molecule is CCc1nn(C2CCCCC2)c(Cl)c1S(=O)(=O)Cl. The van der Waals surface area contributed by atoms with Crippen molar-refractivity contribution < 1.29 is 8.42 Å². The third-order valence-electron chi connectivity index (χ3n) is 3.38. The standard InChI is InChI=1S/C11H16Cl2N2O2S/c1-2-9-10(18(13,16)17)11(12)15(14-9)8-6-4-3-5-7-8/h8H,2-7H2,1H3. The lowest BCUT2D eigenvalue weighted by Crippen LogP contribution is -2.14. The van der Waals surface area contributed by atoms with Gasteiger partial charge in [0.25, 0.3) is 9.05 Å². The van der Waals surface area contributed by atoms with E-state index in [9.17, 15) is 8.42 Å². The van der Waals surface area contributed by atoms with Crippen LogP contribution >= 0.6 is 22.3 Å². The fourth-order valence-electron chi connectivity index (χ4n) is 2.48. The number of nitrogens with zero attached hydrogens (tertiary/aromatic N) is 2. The van der Waals surface area contributed by atoms with Crippen LogP contribution in [0.25, 0.3) is 0 Å². The van der Waals surface area contributed by atoms with Gasteiger partial charge in [0.1, 0.15) is 10.0 Å². The average molecular weight is 311 g/mol. The molecule has 1 saturated carbocycles. The zero-order valence-electron chi connectivity index (χ0n) is 10.2. The number of aryl methyl sites for hydroxylation is 1. The smallest absolute Gasteiger partial charge is 0.249 e. The monoisotopic (exact) mass is 310 g/mol. The average Bonchev–Trinajstić information content (AvgIpc) is 2.67.